The second kappa shape index (κ2) is 7.14. The molecule has 2 aliphatic heterocycles. The van der Waals surface area contributed by atoms with Crippen molar-refractivity contribution in [3.05, 3.63) is 65.6 Å². The maximum absolute atomic E-state index is 14.9. The van der Waals surface area contributed by atoms with Crippen molar-refractivity contribution < 1.29 is 19.0 Å². The lowest BCUT2D eigenvalue weighted by Gasteiger charge is -2.14. The van der Waals surface area contributed by atoms with Gasteiger partial charge in [0.25, 0.3) is 0 Å². The van der Waals surface area contributed by atoms with Crippen LogP contribution in [0, 0.1) is 5.82 Å². The third-order valence-electron chi connectivity index (χ3n) is 5.61. The van der Waals surface area contributed by atoms with Gasteiger partial charge in [-0.25, -0.2) is 9.18 Å². The number of benzene rings is 2. The molecule has 0 saturated carbocycles. The SMILES string of the molecule is Cn1ccc(N2Cc3ccc(-c4ccc(N5CC(CO)OC5=O)cc4F)cc3C2)n1. The summed E-state index contributed by atoms with van der Waals surface area (Å²) in [5.41, 5.74) is 4.04. The zero-order valence-corrected chi connectivity index (χ0v) is 16.5. The summed E-state index contributed by atoms with van der Waals surface area (Å²) >= 11 is 0. The molecule has 5 rings (SSSR count). The molecular formula is C22H21FN4O3. The summed E-state index contributed by atoms with van der Waals surface area (Å²) in [6, 6.07) is 12.7. The second-order valence-corrected chi connectivity index (χ2v) is 7.65. The molecule has 7 nitrogen and oxygen atoms in total. The quantitative estimate of drug-likeness (QED) is 0.719. The lowest BCUT2D eigenvalue weighted by Crippen LogP contribution is -2.25. The fourth-order valence-corrected chi connectivity index (χ4v) is 4.03. The van der Waals surface area contributed by atoms with E-state index in [1.54, 1.807) is 16.8 Å². The summed E-state index contributed by atoms with van der Waals surface area (Å²) in [4.78, 5) is 15.5. The highest BCUT2D eigenvalue weighted by atomic mass is 19.1. The molecule has 154 valence electrons. The normalized spacial score (nSPS) is 18.1. The van der Waals surface area contributed by atoms with E-state index in [-0.39, 0.29) is 13.2 Å². The largest absolute Gasteiger partial charge is 0.441 e. The smallest absolute Gasteiger partial charge is 0.414 e. The van der Waals surface area contributed by atoms with Gasteiger partial charge in [0.2, 0.25) is 0 Å². The van der Waals surface area contributed by atoms with Gasteiger partial charge < -0.3 is 14.7 Å². The number of nitrogens with zero attached hydrogens (tertiary/aromatic N) is 4. The van der Waals surface area contributed by atoms with Crippen molar-refractivity contribution in [1.29, 1.82) is 0 Å². The minimum Gasteiger partial charge on any atom is -0.441 e. The van der Waals surface area contributed by atoms with Crippen LogP contribution in [-0.2, 0) is 24.9 Å². The summed E-state index contributed by atoms with van der Waals surface area (Å²) in [5.74, 6) is 0.511. The number of aromatic nitrogens is 2. The molecule has 1 aromatic heterocycles. The number of anilines is 2. The fraction of sp³-hybridized carbons (Fsp3) is 0.273. The number of carbonyl (C=O) groups excluding carboxylic acids is 1. The molecule has 3 heterocycles. The highest BCUT2D eigenvalue weighted by Crippen LogP contribution is 2.33. The molecule has 2 aliphatic rings. The number of cyclic esters (lactones) is 1. The van der Waals surface area contributed by atoms with Gasteiger partial charge in [0.05, 0.1) is 18.8 Å². The van der Waals surface area contributed by atoms with Gasteiger partial charge >= 0.3 is 6.09 Å². The van der Waals surface area contributed by atoms with E-state index in [2.05, 4.69) is 10.00 Å². The van der Waals surface area contributed by atoms with Crippen molar-refractivity contribution >= 4 is 17.6 Å². The molecule has 0 spiro atoms. The van der Waals surface area contributed by atoms with Crippen LogP contribution in [0.1, 0.15) is 11.1 Å². The van der Waals surface area contributed by atoms with E-state index in [9.17, 15) is 14.3 Å². The van der Waals surface area contributed by atoms with Gasteiger partial charge in [0.15, 0.2) is 5.82 Å². The van der Waals surface area contributed by atoms with Gasteiger partial charge in [-0.15, -0.1) is 0 Å². The zero-order chi connectivity index (χ0) is 20.8. The second-order valence-electron chi connectivity index (χ2n) is 7.65. The average Bonchev–Trinajstić information content (AvgIpc) is 3.44. The van der Waals surface area contributed by atoms with Crippen LogP contribution in [0.15, 0.2) is 48.7 Å². The Balaban J connectivity index is 1.39. The lowest BCUT2D eigenvalue weighted by molar-refractivity contribution is 0.0963. The molecule has 1 atom stereocenters. The van der Waals surface area contributed by atoms with Crippen LogP contribution < -0.4 is 9.80 Å². The van der Waals surface area contributed by atoms with E-state index in [1.807, 2.05) is 37.5 Å². The highest BCUT2D eigenvalue weighted by Gasteiger charge is 2.32. The van der Waals surface area contributed by atoms with E-state index < -0.39 is 18.0 Å². The fourth-order valence-electron chi connectivity index (χ4n) is 4.03. The predicted molar refractivity (Wildman–Crippen MR) is 110 cm³/mol. The van der Waals surface area contributed by atoms with Gasteiger partial charge in [0.1, 0.15) is 11.9 Å². The van der Waals surface area contributed by atoms with Crippen LogP contribution in [0.2, 0.25) is 0 Å². The number of carbonyl (C=O) groups is 1. The van der Waals surface area contributed by atoms with Crippen molar-refractivity contribution in [2.24, 2.45) is 7.05 Å². The van der Waals surface area contributed by atoms with Crippen LogP contribution in [-0.4, -0.2) is 40.2 Å². The minimum absolute atomic E-state index is 0.205. The standard InChI is InChI=1S/C22H21FN4O3/c1-25-7-6-21(24-25)26-10-15-3-2-14(8-16(15)11-26)19-5-4-17(9-20(19)23)27-12-18(13-28)30-22(27)29/h2-9,18,28H,10-13H2,1H3. The summed E-state index contributed by atoms with van der Waals surface area (Å²) < 4.78 is 21.8. The maximum Gasteiger partial charge on any atom is 0.414 e. The first kappa shape index (κ1) is 18.6. The topological polar surface area (TPSA) is 70.8 Å². The zero-order valence-electron chi connectivity index (χ0n) is 16.5. The van der Waals surface area contributed by atoms with Crippen molar-refractivity contribution in [3.8, 4) is 11.1 Å². The molecule has 0 bridgehead atoms. The molecule has 0 aliphatic carbocycles. The number of hydrogen-bond donors (Lipinski definition) is 1. The van der Waals surface area contributed by atoms with Crippen LogP contribution in [0.4, 0.5) is 20.7 Å². The number of rotatable bonds is 4. The summed E-state index contributed by atoms with van der Waals surface area (Å²) in [6.45, 7) is 1.45. The molecule has 1 unspecified atom stereocenters. The van der Waals surface area contributed by atoms with Gasteiger partial charge in [-0.3, -0.25) is 9.58 Å². The molecular weight excluding hydrogens is 387 g/mol. The number of aliphatic hydroxyl groups is 1. The molecule has 8 heteroatoms. The van der Waals surface area contributed by atoms with Crippen LogP contribution in [0.5, 0.6) is 0 Å². The van der Waals surface area contributed by atoms with Crippen molar-refractivity contribution in [2.45, 2.75) is 19.2 Å². The highest BCUT2D eigenvalue weighted by molar-refractivity contribution is 5.90. The van der Waals surface area contributed by atoms with E-state index in [1.165, 1.54) is 16.5 Å². The minimum atomic E-state index is -0.584. The first-order chi connectivity index (χ1) is 14.5. The number of ether oxygens (including phenoxy) is 1. The Bertz CT molecular complexity index is 1130. The first-order valence-electron chi connectivity index (χ1n) is 9.77. The first-order valence-corrected chi connectivity index (χ1v) is 9.77. The molecule has 30 heavy (non-hydrogen) atoms. The van der Waals surface area contributed by atoms with E-state index in [0.717, 1.165) is 30.0 Å². The third-order valence-corrected chi connectivity index (χ3v) is 5.61. The Morgan fingerprint density at radius 2 is 2.00 bits per heavy atom. The lowest BCUT2D eigenvalue weighted by atomic mass is 10.00. The molecule has 0 radical (unpaired) electrons. The summed E-state index contributed by atoms with van der Waals surface area (Å²) in [6.07, 6.45) is 0.756. The van der Waals surface area contributed by atoms with E-state index in [4.69, 9.17) is 4.74 Å². The number of aliphatic hydroxyl groups excluding tert-OH is 1. The van der Waals surface area contributed by atoms with Crippen LogP contribution in [0.3, 0.4) is 0 Å². The Morgan fingerprint density at radius 1 is 1.17 bits per heavy atom. The van der Waals surface area contributed by atoms with Gasteiger partial charge in [-0.1, -0.05) is 12.1 Å². The van der Waals surface area contributed by atoms with E-state index in [0.29, 0.717) is 11.3 Å². The Labute approximate surface area is 172 Å². The maximum atomic E-state index is 14.9. The molecule has 3 aromatic rings. The Morgan fingerprint density at radius 3 is 2.70 bits per heavy atom. The van der Waals surface area contributed by atoms with Crippen molar-refractivity contribution in [2.75, 3.05) is 23.0 Å². The average molecular weight is 408 g/mol. The predicted octanol–water partition coefficient (Wildman–Crippen LogP) is 3.06. The van der Waals surface area contributed by atoms with Crippen LogP contribution >= 0.6 is 0 Å². The van der Waals surface area contributed by atoms with Crippen molar-refractivity contribution in [3.63, 3.8) is 0 Å². The molecule has 1 saturated heterocycles. The Kier molecular flexibility index (Phi) is 4.43. The Hall–Kier alpha value is -3.39. The number of amides is 1. The number of aryl methyl sites for hydroxylation is 1. The molecule has 1 amide bonds. The third kappa shape index (κ3) is 3.19. The summed E-state index contributed by atoms with van der Waals surface area (Å²) in [7, 11) is 1.89. The number of hydrogen-bond acceptors (Lipinski definition) is 5. The van der Waals surface area contributed by atoms with E-state index >= 15 is 0 Å². The van der Waals surface area contributed by atoms with Crippen molar-refractivity contribution in [1.82, 2.24) is 9.78 Å². The van der Waals surface area contributed by atoms with Gasteiger partial charge in [0, 0.05) is 38.0 Å². The summed E-state index contributed by atoms with van der Waals surface area (Å²) in [5, 5.41) is 13.6. The number of fused-ring (bicyclic) bond motifs is 1. The monoisotopic (exact) mass is 408 g/mol. The molecule has 1 N–H and O–H groups in total. The number of halogens is 1. The van der Waals surface area contributed by atoms with Gasteiger partial charge in [-0.05, 0) is 41.0 Å². The molecule has 2 aromatic carbocycles. The van der Waals surface area contributed by atoms with Crippen LogP contribution in [0.25, 0.3) is 11.1 Å². The van der Waals surface area contributed by atoms with Gasteiger partial charge in [-0.2, -0.15) is 5.10 Å². The molecule has 1 fully saturated rings.